The Balaban J connectivity index is 2.27. The van der Waals surface area contributed by atoms with Crippen LogP contribution in [0.1, 0.15) is 13.8 Å². The maximum atomic E-state index is 9.42. The van der Waals surface area contributed by atoms with Gasteiger partial charge in [-0.25, -0.2) is 0 Å². The normalized spacial score (nSPS) is 27.6. The zero-order valence-corrected chi connectivity index (χ0v) is 9.36. The molecule has 0 aliphatic carbocycles. The van der Waals surface area contributed by atoms with Crippen molar-refractivity contribution in [3.63, 3.8) is 0 Å². The molecular weight excluding hydrogens is 180 g/mol. The molecule has 1 rings (SSSR count). The fourth-order valence-electron chi connectivity index (χ4n) is 1.59. The summed E-state index contributed by atoms with van der Waals surface area (Å²) in [7, 11) is 2.02. The van der Waals surface area contributed by atoms with E-state index in [0.29, 0.717) is 0 Å². The Morgan fingerprint density at radius 3 is 2.79 bits per heavy atom. The van der Waals surface area contributed by atoms with Gasteiger partial charge in [0.05, 0.1) is 18.8 Å². The van der Waals surface area contributed by atoms with E-state index in [9.17, 15) is 5.11 Å². The molecule has 84 valence electrons. The number of rotatable bonds is 4. The van der Waals surface area contributed by atoms with Crippen molar-refractivity contribution in [3.05, 3.63) is 0 Å². The fraction of sp³-hybridized carbons (Fsp3) is 1.00. The Kier molecular flexibility index (Phi) is 4.81. The molecule has 1 fully saturated rings. The van der Waals surface area contributed by atoms with Crippen molar-refractivity contribution >= 4 is 0 Å². The second-order valence-electron chi connectivity index (χ2n) is 4.12. The number of ether oxygens (including phenoxy) is 1. The van der Waals surface area contributed by atoms with Gasteiger partial charge < -0.3 is 15.2 Å². The van der Waals surface area contributed by atoms with E-state index < -0.39 is 0 Å². The summed E-state index contributed by atoms with van der Waals surface area (Å²) in [5, 5.41) is 12.7. The molecule has 4 nitrogen and oxygen atoms in total. The number of nitrogens with zero attached hydrogens (tertiary/aromatic N) is 1. The van der Waals surface area contributed by atoms with E-state index in [1.165, 1.54) is 0 Å². The summed E-state index contributed by atoms with van der Waals surface area (Å²) in [6.45, 7) is 7.38. The van der Waals surface area contributed by atoms with Crippen LogP contribution in [-0.2, 0) is 4.74 Å². The monoisotopic (exact) mass is 202 g/mol. The van der Waals surface area contributed by atoms with Crippen molar-refractivity contribution in [3.8, 4) is 0 Å². The minimum absolute atomic E-state index is 0.181. The van der Waals surface area contributed by atoms with E-state index in [4.69, 9.17) is 4.74 Å². The van der Waals surface area contributed by atoms with E-state index in [1.807, 2.05) is 20.9 Å². The van der Waals surface area contributed by atoms with Crippen LogP contribution >= 0.6 is 0 Å². The highest BCUT2D eigenvalue weighted by molar-refractivity contribution is 4.75. The summed E-state index contributed by atoms with van der Waals surface area (Å²) in [4.78, 5) is 2.14. The van der Waals surface area contributed by atoms with Crippen LogP contribution in [0.25, 0.3) is 0 Å². The molecule has 3 atom stereocenters. The van der Waals surface area contributed by atoms with Crippen LogP contribution in [0, 0.1) is 0 Å². The number of morpholine rings is 1. The smallest absolute Gasteiger partial charge is 0.0826 e. The van der Waals surface area contributed by atoms with Crippen molar-refractivity contribution in [2.45, 2.75) is 32.1 Å². The standard InChI is InChI=1S/C10H22N2O2/c1-8(9(2)13)12(3)7-10-6-11-4-5-14-10/h8-11,13H,4-7H2,1-3H3. The SMILES string of the molecule is CC(O)C(C)N(C)CC1CNCCO1. The molecule has 0 saturated carbocycles. The zero-order chi connectivity index (χ0) is 10.6. The minimum atomic E-state index is -0.295. The molecule has 4 heteroatoms. The van der Waals surface area contributed by atoms with Gasteiger partial charge in [0.2, 0.25) is 0 Å². The molecule has 1 aliphatic rings. The molecule has 0 amide bonds. The molecule has 1 heterocycles. The lowest BCUT2D eigenvalue weighted by Crippen LogP contribution is -2.48. The lowest BCUT2D eigenvalue weighted by Gasteiger charge is -2.32. The van der Waals surface area contributed by atoms with Crippen molar-refractivity contribution in [1.29, 1.82) is 0 Å². The first-order valence-electron chi connectivity index (χ1n) is 5.32. The summed E-state index contributed by atoms with van der Waals surface area (Å²) < 4.78 is 5.59. The molecule has 14 heavy (non-hydrogen) atoms. The van der Waals surface area contributed by atoms with Gasteiger partial charge in [0.15, 0.2) is 0 Å². The molecule has 0 bridgehead atoms. The van der Waals surface area contributed by atoms with Crippen LogP contribution in [0.4, 0.5) is 0 Å². The average molecular weight is 202 g/mol. The molecule has 2 N–H and O–H groups in total. The fourth-order valence-corrected chi connectivity index (χ4v) is 1.59. The Hall–Kier alpha value is -0.160. The molecule has 0 aromatic rings. The van der Waals surface area contributed by atoms with Crippen molar-refractivity contribution in [2.75, 3.05) is 33.3 Å². The highest BCUT2D eigenvalue weighted by Crippen LogP contribution is 2.05. The number of likely N-dealkylation sites (N-methyl/N-ethyl adjacent to an activating group) is 1. The van der Waals surface area contributed by atoms with Gasteiger partial charge in [-0.3, -0.25) is 4.90 Å². The first kappa shape index (κ1) is 11.9. The summed E-state index contributed by atoms with van der Waals surface area (Å²) >= 11 is 0. The molecular formula is C10H22N2O2. The van der Waals surface area contributed by atoms with Crippen LogP contribution in [0.5, 0.6) is 0 Å². The van der Waals surface area contributed by atoms with Gasteiger partial charge in [-0.05, 0) is 20.9 Å². The average Bonchev–Trinajstić information content (AvgIpc) is 2.18. The van der Waals surface area contributed by atoms with Gasteiger partial charge in [0.1, 0.15) is 0 Å². The summed E-state index contributed by atoms with van der Waals surface area (Å²) in [5.74, 6) is 0. The Morgan fingerprint density at radius 1 is 1.57 bits per heavy atom. The zero-order valence-electron chi connectivity index (χ0n) is 9.36. The van der Waals surface area contributed by atoms with Crippen LogP contribution < -0.4 is 5.32 Å². The molecule has 3 unspecified atom stereocenters. The van der Waals surface area contributed by atoms with Gasteiger partial charge in [-0.15, -0.1) is 0 Å². The number of hydrogen-bond acceptors (Lipinski definition) is 4. The first-order chi connectivity index (χ1) is 6.61. The van der Waals surface area contributed by atoms with Crippen LogP contribution in [0.15, 0.2) is 0 Å². The minimum Gasteiger partial charge on any atom is -0.392 e. The Labute approximate surface area is 86.2 Å². The molecule has 0 spiro atoms. The van der Waals surface area contributed by atoms with Crippen LogP contribution in [0.2, 0.25) is 0 Å². The summed E-state index contributed by atoms with van der Waals surface area (Å²) in [5.41, 5.74) is 0. The van der Waals surface area contributed by atoms with E-state index in [2.05, 4.69) is 10.2 Å². The van der Waals surface area contributed by atoms with Crippen molar-refractivity contribution < 1.29 is 9.84 Å². The second-order valence-corrected chi connectivity index (χ2v) is 4.12. The summed E-state index contributed by atoms with van der Waals surface area (Å²) in [6, 6.07) is 0.181. The second kappa shape index (κ2) is 5.66. The topological polar surface area (TPSA) is 44.7 Å². The quantitative estimate of drug-likeness (QED) is 0.655. The Bertz CT molecular complexity index is 158. The number of aliphatic hydroxyl groups excluding tert-OH is 1. The lowest BCUT2D eigenvalue weighted by atomic mass is 10.1. The lowest BCUT2D eigenvalue weighted by molar-refractivity contribution is -0.00891. The third kappa shape index (κ3) is 3.53. The third-order valence-corrected chi connectivity index (χ3v) is 2.89. The predicted octanol–water partition coefficient (Wildman–Crippen LogP) is -0.324. The van der Waals surface area contributed by atoms with Crippen molar-refractivity contribution in [2.24, 2.45) is 0 Å². The maximum absolute atomic E-state index is 9.42. The van der Waals surface area contributed by atoms with Gasteiger partial charge in [0, 0.05) is 25.7 Å². The number of aliphatic hydroxyl groups is 1. The summed E-state index contributed by atoms with van der Waals surface area (Å²) in [6.07, 6.45) is -0.0356. The van der Waals surface area contributed by atoms with Gasteiger partial charge in [-0.2, -0.15) is 0 Å². The van der Waals surface area contributed by atoms with Gasteiger partial charge in [0.25, 0.3) is 0 Å². The number of hydrogen-bond donors (Lipinski definition) is 2. The van der Waals surface area contributed by atoms with E-state index in [0.717, 1.165) is 26.2 Å². The van der Waals surface area contributed by atoms with Crippen LogP contribution in [-0.4, -0.2) is 61.5 Å². The first-order valence-corrected chi connectivity index (χ1v) is 5.32. The molecule has 1 aliphatic heterocycles. The molecule has 0 aromatic heterocycles. The highest BCUT2D eigenvalue weighted by atomic mass is 16.5. The molecule has 0 radical (unpaired) electrons. The molecule has 0 aromatic carbocycles. The maximum Gasteiger partial charge on any atom is 0.0826 e. The van der Waals surface area contributed by atoms with E-state index in [-0.39, 0.29) is 18.2 Å². The van der Waals surface area contributed by atoms with Crippen molar-refractivity contribution in [1.82, 2.24) is 10.2 Å². The third-order valence-electron chi connectivity index (χ3n) is 2.89. The highest BCUT2D eigenvalue weighted by Gasteiger charge is 2.20. The Morgan fingerprint density at radius 2 is 2.29 bits per heavy atom. The largest absolute Gasteiger partial charge is 0.392 e. The van der Waals surface area contributed by atoms with E-state index in [1.54, 1.807) is 0 Å². The van der Waals surface area contributed by atoms with Crippen LogP contribution in [0.3, 0.4) is 0 Å². The van der Waals surface area contributed by atoms with Gasteiger partial charge >= 0.3 is 0 Å². The molecule has 1 saturated heterocycles. The predicted molar refractivity (Wildman–Crippen MR) is 56.4 cm³/mol. The number of nitrogens with one attached hydrogen (secondary N) is 1. The van der Waals surface area contributed by atoms with E-state index >= 15 is 0 Å². The van der Waals surface area contributed by atoms with Gasteiger partial charge in [-0.1, -0.05) is 0 Å².